The fourth-order valence-electron chi connectivity index (χ4n) is 2.18. The van der Waals surface area contributed by atoms with Gasteiger partial charge in [-0.1, -0.05) is 17.7 Å². The van der Waals surface area contributed by atoms with Gasteiger partial charge in [-0.25, -0.2) is 0 Å². The second kappa shape index (κ2) is 4.31. The highest BCUT2D eigenvalue weighted by Crippen LogP contribution is 2.47. The van der Waals surface area contributed by atoms with Crippen LogP contribution in [0.25, 0.3) is 5.69 Å². The predicted molar refractivity (Wildman–Crippen MR) is 67.4 cm³/mol. The van der Waals surface area contributed by atoms with E-state index >= 15 is 0 Å². The lowest BCUT2D eigenvalue weighted by Crippen LogP contribution is -2.07. The summed E-state index contributed by atoms with van der Waals surface area (Å²) in [5.41, 5.74) is 1.65. The fourth-order valence-corrected chi connectivity index (χ4v) is 2.35. The minimum Gasteiger partial charge on any atom is -0.481 e. The predicted octanol–water partition coefficient (Wildman–Crippen LogP) is 1.81. The molecule has 2 unspecified atom stereocenters. The zero-order valence-corrected chi connectivity index (χ0v) is 10.9. The maximum Gasteiger partial charge on any atom is 0.307 e. The first-order valence-electron chi connectivity index (χ1n) is 5.86. The van der Waals surface area contributed by atoms with E-state index in [1.54, 1.807) is 10.7 Å². The van der Waals surface area contributed by atoms with Crippen molar-refractivity contribution < 1.29 is 9.90 Å². The van der Waals surface area contributed by atoms with Crippen molar-refractivity contribution in [2.24, 2.45) is 5.92 Å². The Labute approximate surface area is 114 Å². The van der Waals surface area contributed by atoms with Crippen molar-refractivity contribution in [3.63, 3.8) is 0 Å². The first-order valence-corrected chi connectivity index (χ1v) is 6.24. The number of hydrogen-bond donors (Lipinski definition) is 1. The molecule has 0 radical (unpaired) electrons. The van der Waals surface area contributed by atoms with Crippen LogP contribution in [0.4, 0.5) is 0 Å². The molecule has 3 rings (SSSR count). The van der Waals surface area contributed by atoms with Crippen molar-refractivity contribution in [3.05, 3.63) is 34.6 Å². The Hall–Kier alpha value is -1.95. The third kappa shape index (κ3) is 1.98. The summed E-state index contributed by atoms with van der Waals surface area (Å²) in [4.78, 5) is 10.9. The molecule has 7 heteroatoms. The standard InChI is InChI=1S/C12H11ClN4O2/c1-6-9(13)3-2-4-10(6)17-11(14-15-16-17)7-5-8(7)12(18)19/h2-4,7-8H,5H2,1H3,(H,18,19). The molecule has 19 heavy (non-hydrogen) atoms. The van der Waals surface area contributed by atoms with Crippen LogP contribution in [0.15, 0.2) is 18.2 Å². The molecule has 1 aromatic carbocycles. The molecule has 6 nitrogen and oxygen atoms in total. The van der Waals surface area contributed by atoms with Crippen molar-refractivity contribution in [3.8, 4) is 5.69 Å². The van der Waals surface area contributed by atoms with Gasteiger partial charge in [0.15, 0.2) is 5.82 Å². The van der Waals surface area contributed by atoms with Crippen LogP contribution >= 0.6 is 11.6 Å². The van der Waals surface area contributed by atoms with Crippen LogP contribution in [0.1, 0.15) is 23.7 Å². The molecule has 0 bridgehead atoms. The molecule has 1 N–H and O–H groups in total. The summed E-state index contributed by atoms with van der Waals surface area (Å²) < 4.78 is 1.58. The Morgan fingerprint density at radius 1 is 1.53 bits per heavy atom. The number of hydrogen-bond acceptors (Lipinski definition) is 4. The van der Waals surface area contributed by atoms with E-state index in [0.29, 0.717) is 17.3 Å². The number of aliphatic carboxylic acids is 1. The third-order valence-electron chi connectivity index (χ3n) is 3.40. The van der Waals surface area contributed by atoms with Gasteiger partial charge in [-0.3, -0.25) is 4.79 Å². The molecule has 1 heterocycles. The highest BCUT2D eigenvalue weighted by molar-refractivity contribution is 6.31. The Morgan fingerprint density at radius 2 is 2.32 bits per heavy atom. The number of carbonyl (C=O) groups is 1. The van der Waals surface area contributed by atoms with Gasteiger partial charge in [0, 0.05) is 10.9 Å². The summed E-state index contributed by atoms with van der Waals surface area (Å²) in [7, 11) is 0. The molecule has 2 aromatic rings. The number of benzene rings is 1. The van der Waals surface area contributed by atoms with Gasteiger partial charge in [0.1, 0.15) is 0 Å². The Morgan fingerprint density at radius 3 is 3.00 bits per heavy atom. The largest absolute Gasteiger partial charge is 0.481 e. The van der Waals surface area contributed by atoms with Gasteiger partial charge in [0.2, 0.25) is 0 Å². The molecule has 1 fully saturated rings. The lowest BCUT2D eigenvalue weighted by atomic mass is 10.2. The van der Waals surface area contributed by atoms with Crippen LogP contribution in [0.5, 0.6) is 0 Å². The zero-order chi connectivity index (χ0) is 13.6. The molecule has 98 valence electrons. The number of tetrazole rings is 1. The van der Waals surface area contributed by atoms with Crippen molar-refractivity contribution in [1.82, 2.24) is 20.2 Å². The van der Waals surface area contributed by atoms with Crippen molar-refractivity contribution in [2.75, 3.05) is 0 Å². The van der Waals surface area contributed by atoms with Crippen LogP contribution in [0.3, 0.4) is 0 Å². The van der Waals surface area contributed by atoms with Gasteiger partial charge in [-0.2, -0.15) is 4.68 Å². The van der Waals surface area contributed by atoms with E-state index in [-0.39, 0.29) is 11.8 Å². The Kier molecular flexibility index (Phi) is 2.74. The lowest BCUT2D eigenvalue weighted by molar-refractivity contribution is -0.138. The van der Waals surface area contributed by atoms with Crippen molar-refractivity contribution in [1.29, 1.82) is 0 Å². The van der Waals surface area contributed by atoms with Gasteiger partial charge >= 0.3 is 5.97 Å². The smallest absolute Gasteiger partial charge is 0.307 e. The summed E-state index contributed by atoms with van der Waals surface area (Å²) in [6, 6.07) is 5.47. The van der Waals surface area contributed by atoms with Gasteiger partial charge in [-0.05, 0) is 41.5 Å². The van der Waals surface area contributed by atoms with Crippen molar-refractivity contribution >= 4 is 17.6 Å². The maximum atomic E-state index is 10.9. The molecule has 1 aliphatic rings. The normalized spacial score (nSPS) is 21.4. The van der Waals surface area contributed by atoms with Gasteiger partial charge in [-0.15, -0.1) is 5.10 Å². The summed E-state index contributed by atoms with van der Waals surface area (Å²) in [6.45, 7) is 1.88. The van der Waals surface area contributed by atoms with Gasteiger partial charge in [0.25, 0.3) is 0 Å². The van der Waals surface area contributed by atoms with Crippen LogP contribution < -0.4 is 0 Å². The van der Waals surface area contributed by atoms with E-state index in [4.69, 9.17) is 16.7 Å². The van der Waals surface area contributed by atoms with Gasteiger partial charge in [0.05, 0.1) is 11.6 Å². The topological polar surface area (TPSA) is 80.9 Å². The minimum atomic E-state index is -0.803. The summed E-state index contributed by atoms with van der Waals surface area (Å²) in [5, 5.41) is 21.2. The zero-order valence-electron chi connectivity index (χ0n) is 10.1. The first-order chi connectivity index (χ1) is 9.09. The van der Waals surface area contributed by atoms with Crippen LogP contribution in [-0.2, 0) is 4.79 Å². The second-order valence-electron chi connectivity index (χ2n) is 4.62. The summed E-state index contributed by atoms with van der Waals surface area (Å²) in [5.74, 6) is -0.727. The number of aromatic nitrogens is 4. The first kappa shape index (κ1) is 12.1. The second-order valence-corrected chi connectivity index (χ2v) is 5.03. The van der Waals surface area contributed by atoms with E-state index in [9.17, 15) is 4.79 Å². The molecule has 2 atom stereocenters. The molecule has 0 saturated heterocycles. The molecule has 0 spiro atoms. The summed E-state index contributed by atoms with van der Waals surface area (Å²) >= 11 is 6.08. The highest BCUT2D eigenvalue weighted by Gasteiger charge is 2.47. The quantitative estimate of drug-likeness (QED) is 0.926. The van der Waals surface area contributed by atoms with Crippen LogP contribution in [0, 0.1) is 12.8 Å². The van der Waals surface area contributed by atoms with Crippen molar-refractivity contribution in [2.45, 2.75) is 19.3 Å². The average molecular weight is 279 g/mol. The van der Waals surface area contributed by atoms with E-state index in [2.05, 4.69) is 15.5 Å². The van der Waals surface area contributed by atoms with Crippen LogP contribution in [0.2, 0.25) is 5.02 Å². The molecule has 0 aliphatic heterocycles. The molecular formula is C12H11ClN4O2. The number of rotatable bonds is 3. The molecule has 1 aromatic heterocycles. The van der Waals surface area contributed by atoms with Crippen LogP contribution in [-0.4, -0.2) is 31.3 Å². The van der Waals surface area contributed by atoms with E-state index in [1.807, 2.05) is 19.1 Å². The Bertz CT molecular complexity index is 655. The minimum absolute atomic E-state index is 0.120. The number of nitrogens with zero attached hydrogens (tertiary/aromatic N) is 4. The number of carboxylic acid groups (broad SMARTS) is 1. The molecular weight excluding hydrogens is 268 g/mol. The SMILES string of the molecule is Cc1c(Cl)cccc1-n1nnnc1C1CC1C(=O)O. The Balaban J connectivity index is 2.01. The van der Waals surface area contributed by atoms with E-state index in [1.165, 1.54) is 0 Å². The highest BCUT2D eigenvalue weighted by atomic mass is 35.5. The maximum absolute atomic E-state index is 10.9. The fraction of sp³-hybridized carbons (Fsp3) is 0.333. The molecule has 0 amide bonds. The number of carboxylic acids is 1. The van der Waals surface area contributed by atoms with E-state index in [0.717, 1.165) is 11.3 Å². The monoisotopic (exact) mass is 278 g/mol. The number of halogens is 1. The molecule has 1 aliphatic carbocycles. The lowest BCUT2D eigenvalue weighted by Gasteiger charge is -2.08. The summed E-state index contributed by atoms with van der Waals surface area (Å²) in [6.07, 6.45) is 0.579. The van der Waals surface area contributed by atoms with Gasteiger partial charge < -0.3 is 5.11 Å². The molecule has 1 saturated carbocycles. The average Bonchev–Trinajstić information content (AvgIpc) is 3.04. The third-order valence-corrected chi connectivity index (χ3v) is 3.81. The van der Waals surface area contributed by atoms with E-state index < -0.39 is 5.97 Å².